The number of benzene rings is 1. The van der Waals surface area contributed by atoms with Gasteiger partial charge in [-0.15, -0.1) is 0 Å². The fourth-order valence-corrected chi connectivity index (χ4v) is 2.51. The van der Waals surface area contributed by atoms with Gasteiger partial charge in [0.2, 0.25) is 5.82 Å². The van der Waals surface area contributed by atoms with E-state index in [1.165, 1.54) is 12.1 Å². The van der Waals surface area contributed by atoms with Crippen LogP contribution >= 0.6 is 23.2 Å². The third kappa shape index (κ3) is 6.26. The van der Waals surface area contributed by atoms with E-state index in [0.29, 0.717) is 22.4 Å². The Morgan fingerprint density at radius 1 is 1.22 bits per heavy atom. The lowest BCUT2D eigenvalue weighted by molar-refractivity contribution is -0.384. The summed E-state index contributed by atoms with van der Waals surface area (Å²) in [6.07, 6.45) is 0.0770. The second-order valence-corrected chi connectivity index (χ2v) is 6.22. The van der Waals surface area contributed by atoms with E-state index in [2.05, 4.69) is 15.6 Å². The number of carbonyl (C=O) groups is 1. The zero-order valence-electron chi connectivity index (χ0n) is 14.5. The van der Waals surface area contributed by atoms with Gasteiger partial charge in [-0.25, -0.2) is 4.98 Å². The van der Waals surface area contributed by atoms with Gasteiger partial charge in [0.25, 0.3) is 0 Å². The van der Waals surface area contributed by atoms with E-state index in [1.54, 1.807) is 19.1 Å². The number of aromatic nitrogens is 1. The Morgan fingerprint density at radius 3 is 2.67 bits per heavy atom. The first-order chi connectivity index (χ1) is 12.9. The van der Waals surface area contributed by atoms with Gasteiger partial charge in [-0.3, -0.25) is 14.9 Å². The Morgan fingerprint density at radius 2 is 2.00 bits per heavy atom. The molecule has 2 aromatic rings. The molecule has 144 valence electrons. The standard InChI is InChI=1S/C17H18Cl2N4O4/c1-2-27-16(24)7-8-20-17-14(23(25)26)5-6-15(22-17)21-10-11-3-4-12(18)13(19)9-11/h3-6,9H,2,7-8,10H2,1H3,(H2,20,21,22). The van der Waals surface area contributed by atoms with Crippen LogP contribution in [0.25, 0.3) is 0 Å². The SMILES string of the molecule is CCOC(=O)CCNc1nc(NCc2ccc(Cl)c(Cl)c2)ccc1[N+](=O)[O-]. The third-order valence-electron chi connectivity index (χ3n) is 3.46. The number of hydrogen-bond acceptors (Lipinski definition) is 7. The average Bonchev–Trinajstić information content (AvgIpc) is 2.63. The summed E-state index contributed by atoms with van der Waals surface area (Å²) in [5.74, 6) is 0.121. The van der Waals surface area contributed by atoms with Crippen LogP contribution in [0.15, 0.2) is 30.3 Å². The van der Waals surface area contributed by atoms with Crippen molar-refractivity contribution in [3.63, 3.8) is 0 Å². The van der Waals surface area contributed by atoms with Crippen molar-refractivity contribution in [1.29, 1.82) is 0 Å². The summed E-state index contributed by atoms with van der Waals surface area (Å²) < 4.78 is 4.82. The minimum Gasteiger partial charge on any atom is -0.466 e. The molecule has 0 aliphatic heterocycles. The van der Waals surface area contributed by atoms with E-state index in [1.807, 2.05) is 6.07 Å². The van der Waals surface area contributed by atoms with Crippen molar-refractivity contribution in [1.82, 2.24) is 4.98 Å². The molecule has 0 aliphatic rings. The summed E-state index contributed by atoms with van der Waals surface area (Å²) in [6, 6.07) is 8.07. The summed E-state index contributed by atoms with van der Waals surface area (Å²) in [4.78, 5) is 26.2. The first kappa shape index (κ1) is 20.7. The lowest BCUT2D eigenvalue weighted by atomic mass is 10.2. The minimum atomic E-state index is -0.539. The van der Waals surface area contributed by atoms with E-state index in [-0.39, 0.29) is 37.0 Å². The van der Waals surface area contributed by atoms with Crippen LogP contribution in [0.3, 0.4) is 0 Å². The van der Waals surface area contributed by atoms with Crippen LogP contribution in [-0.2, 0) is 16.1 Å². The van der Waals surface area contributed by atoms with Crippen molar-refractivity contribution in [3.05, 3.63) is 56.1 Å². The lowest BCUT2D eigenvalue weighted by Crippen LogP contribution is -2.13. The number of esters is 1. The Hall–Kier alpha value is -2.58. The number of nitrogens with zero attached hydrogens (tertiary/aromatic N) is 2. The molecule has 1 aromatic carbocycles. The minimum absolute atomic E-state index is 0.0726. The topological polar surface area (TPSA) is 106 Å². The first-order valence-electron chi connectivity index (χ1n) is 8.13. The second kappa shape index (κ2) is 9.94. The van der Waals surface area contributed by atoms with Crippen LogP contribution in [0.5, 0.6) is 0 Å². The number of nitro groups is 1. The van der Waals surface area contributed by atoms with Crippen molar-refractivity contribution in [2.24, 2.45) is 0 Å². The number of rotatable bonds is 9. The highest BCUT2D eigenvalue weighted by Gasteiger charge is 2.16. The Labute approximate surface area is 166 Å². The summed E-state index contributed by atoms with van der Waals surface area (Å²) >= 11 is 11.9. The van der Waals surface area contributed by atoms with Crippen LogP contribution in [0, 0.1) is 10.1 Å². The van der Waals surface area contributed by atoms with E-state index in [4.69, 9.17) is 27.9 Å². The van der Waals surface area contributed by atoms with Crippen molar-refractivity contribution < 1.29 is 14.5 Å². The maximum absolute atomic E-state index is 11.4. The molecule has 0 saturated heterocycles. The molecule has 0 fully saturated rings. The fraction of sp³-hybridized carbons (Fsp3) is 0.294. The molecule has 27 heavy (non-hydrogen) atoms. The smallest absolute Gasteiger partial charge is 0.311 e. The molecule has 0 bridgehead atoms. The van der Waals surface area contributed by atoms with Gasteiger partial charge in [0.05, 0.1) is 28.0 Å². The number of nitrogens with one attached hydrogen (secondary N) is 2. The zero-order chi connectivity index (χ0) is 19.8. The normalized spacial score (nSPS) is 10.3. The van der Waals surface area contributed by atoms with Gasteiger partial charge in [0, 0.05) is 19.2 Å². The molecule has 0 aliphatic carbocycles. The Balaban J connectivity index is 2.05. The molecule has 10 heteroatoms. The lowest BCUT2D eigenvalue weighted by Gasteiger charge is -2.10. The number of carbonyl (C=O) groups excluding carboxylic acids is 1. The highest BCUT2D eigenvalue weighted by atomic mass is 35.5. The third-order valence-corrected chi connectivity index (χ3v) is 4.19. The summed E-state index contributed by atoms with van der Waals surface area (Å²) in [5, 5.41) is 17.9. The quantitative estimate of drug-likeness (QED) is 0.359. The van der Waals surface area contributed by atoms with Crippen LogP contribution in [0.4, 0.5) is 17.3 Å². The number of halogens is 2. The van der Waals surface area contributed by atoms with Crippen LogP contribution < -0.4 is 10.6 Å². The zero-order valence-corrected chi connectivity index (χ0v) is 16.0. The van der Waals surface area contributed by atoms with E-state index >= 15 is 0 Å². The predicted octanol–water partition coefficient (Wildman–Crippen LogP) is 4.27. The van der Waals surface area contributed by atoms with Crippen molar-refractivity contribution in [3.8, 4) is 0 Å². The van der Waals surface area contributed by atoms with E-state index in [9.17, 15) is 14.9 Å². The number of ether oxygens (including phenoxy) is 1. The fourth-order valence-electron chi connectivity index (χ4n) is 2.19. The summed E-state index contributed by atoms with van der Waals surface area (Å²) in [5.41, 5.74) is 0.695. The van der Waals surface area contributed by atoms with Crippen molar-refractivity contribution in [2.75, 3.05) is 23.8 Å². The Bertz CT molecular complexity index is 833. The van der Waals surface area contributed by atoms with Crippen LogP contribution in [0.2, 0.25) is 10.0 Å². The van der Waals surface area contributed by atoms with Crippen LogP contribution in [-0.4, -0.2) is 29.0 Å². The number of anilines is 2. The maximum atomic E-state index is 11.4. The van der Waals surface area contributed by atoms with Gasteiger partial charge in [0.1, 0.15) is 5.82 Å². The molecule has 1 heterocycles. The maximum Gasteiger partial charge on any atom is 0.311 e. The van der Waals surface area contributed by atoms with E-state index in [0.717, 1.165) is 5.56 Å². The molecular formula is C17H18Cl2N4O4. The van der Waals surface area contributed by atoms with Gasteiger partial charge in [-0.05, 0) is 30.7 Å². The molecule has 0 atom stereocenters. The monoisotopic (exact) mass is 412 g/mol. The van der Waals surface area contributed by atoms with Gasteiger partial charge in [0.15, 0.2) is 0 Å². The molecule has 2 rings (SSSR count). The average molecular weight is 413 g/mol. The highest BCUT2D eigenvalue weighted by Crippen LogP contribution is 2.25. The molecule has 0 spiro atoms. The van der Waals surface area contributed by atoms with Crippen molar-refractivity contribution >= 4 is 46.5 Å². The molecule has 0 unspecified atom stereocenters. The predicted molar refractivity (Wildman–Crippen MR) is 104 cm³/mol. The second-order valence-electron chi connectivity index (χ2n) is 5.41. The highest BCUT2D eigenvalue weighted by molar-refractivity contribution is 6.42. The number of hydrogen-bond donors (Lipinski definition) is 2. The summed E-state index contributed by atoms with van der Waals surface area (Å²) in [7, 11) is 0. The van der Waals surface area contributed by atoms with Crippen molar-refractivity contribution in [2.45, 2.75) is 19.9 Å². The van der Waals surface area contributed by atoms with Gasteiger partial charge >= 0.3 is 11.7 Å². The molecule has 2 N–H and O–H groups in total. The molecule has 8 nitrogen and oxygen atoms in total. The van der Waals surface area contributed by atoms with Gasteiger partial charge < -0.3 is 15.4 Å². The summed E-state index contributed by atoms with van der Waals surface area (Å²) in [6.45, 7) is 2.57. The largest absolute Gasteiger partial charge is 0.466 e. The Kier molecular flexibility index (Phi) is 7.63. The van der Waals surface area contributed by atoms with E-state index < -0.39 is 4.92 Å². The number of pyridine rings is 1. The molecule has 0 radical (unpaired) electrons. The molecule has 1 aromatic heterocycles. The first-order valence-corrected chi connectivity index (χ1v) is 8.89. The molecular weight excluding hydrogens is 395 g/mol. The van der Waals surface area contributed by atoms with Crippen LogP contribution in [0.1, 0.15) is 18.9 Å². The van der Waals surface area contributed by atoms with Gasteiger partial charge in [-0.1, -0.05) is 29.3 Å². The van der Waals surface area contributed by atoms with Gasteiger partial charge in [-0.2, -0.15) is 0 Å². The molecule has 0 amide bonds. The molecule has 0 saturated carbocycles.